The number of halogens is 1. The molecule has 7 nitrogen and oxygen atoms in total. The molecule has 0 bridgehead atoms. The molecule has 1 atom stereocenters. The van der Waals surface area contributed by atoms with Crippen LogP contribution in [0.25, 0.3) is 10.2 Å². The van der Waals surface area contributed by atoms with Crippen LogP contribution in [0.2, 0.25) is 0 Å². The van der Waals surface area contributed by atoms with Crippen LogP contribution < -0.4 is 4.90 Å². The highest BCUT2D eigenvalue weighted by molar-refractivity contribution is 7.89. The van der Waals surface area contributed by atoms with Crippen molar-refractivity contribution in [2.75, 3.05) is 37.6 Å². The number of aryl methyl sites for hydroxylation is 2. The van der Waals surface area contributed by atoms with E-state index in [2.05, 4.69) is 44.7 Å². The fourth-order valence-corrected chi connectivity index (χ4v) is 7.94. The lowest BCUT2D eigenvalue weighted by molar-refractivity contribution is 0.0983. The molecule has 1 amide bonds. The Bertz CT molecular complexity index is 1330. The molecule has 39 heavy (non-hydrogen) atoms. The van der Waals surface area contributed by atoms with Crippen LogP contribution in [-0.4, -0.2) is 67.3 Å². The standard InChI is InChI=1S/C29H40N4O3S2.ClH/c1-6-24-11-9-10-16-33(24)38(35,36)25-14-12-23(13-15-25)28(34)32(18-17-31(7-2)8-3)29-30-26-19-21(4)22(5)20-27(26)37-29;/h12-15,19-20,24H,6-11,16-18H2,1-5H3;1H. The second kappa shape index (κ2) is 13.5. The molecular formula is C29H41ClN4O3S2. The van der Waals surface area contributed by atoms with E-state index < -0.39 is 10.0 Å². The quantitative estimate of drug-likeness (QED) is 0.277. The zero-order chi connectivity index (χ0) is 27.4. The molecule has 1 fully saturated rings. The molecule has 1 aliphatic heterocycles. The van der Waals surface area contributed by atoms with Crippen molar-refractivity contribution in [2.45, 2.75) is 71.2 Å². The fraction of sp³-hybridized carbons (Fsp3) is 0.517. The average molecular weight is 593 g/mol. The Balaban J connectivity index is 0.00000420. The van der Waals surface area contributed by atoms with Gasteiger partial charge in [0.2, 0.25) is 10.0 Å². The summed E-state index contributed by atoms with van der Waals surface area (Å²) >= 11 is 1.52. The number of fused-ring (bicyclic) bond motifs is 1. The van der Waals surface area contributed by atoms with Crippen molar-refractivity contribution in [3.63, 3.8) is 0 Å². The second-order valence-electron chi connectivity index (χ2n) is 10.1. The average Bonchev–Trinajstić information content (AvgIpc) is 3.33. The van der Waals surface area contributed by atoms with Gasteiger partial charge in [0.05, 0.1) is 15.1 Å². The van der Waals surface area contributed by atoms with E-state index >= 15 is 0 Å². The summed E-state index contributed by atoms with van der Waals surface area (Å²) in [5, 5.41) is 0.665. The molecule has 0 radical (unpaired) electrons. The number of hydrogen-bond acceptors (Lipinski definition) is 6. The van der Waals surface area contributed by atoms with Crippen LogP contribution in [0.4, 0.5) is 5.13 Å². The predicted molar refractivity (Wildman–Crippen MR) is 164 cm³/mol. The van der Waals surface area contributed by atoms with E-state index in [1.165, 1.54) is 22.5 Å². The third-order valence-electron chi connectivity index (χ3n) is 7.76. The number of benzene rings is 2. The lowest BCUT2D eigenvalue weighted by Gasteiger charge is -2.34. The molecule has 0 saturated carbocycles. The number of carbonyl (C=O) groups is 1. The van der Waals surface area contributed by atoms with Gasteiger partial charge in [0.1, 0.15) is 0 Å². The van der Waals surface area contributed by atoms with Crippen molar-refractivity contribution in [3.05, 3.63) is 53.1 Å². The Morgan fingerprint density at radius 1 is 1.03 bits per heavy atom. The summed E-state index contributed by atoms with van der Waals surface area (Å²) in [6.45, 7) is 14.0. The van der Waals surface area contributed by atoms with E-state index in [1.807, 2.05) is 6.92 Å². The van der Waals surface area contributed by atoms with Gasteiger partial charge in [0.25, 0.3) is 5.91 Å². The van der Waals surface area contributed by atoms with Crippen LogP contribution in [0, 0.1) is 13.8 Å². The molecule has 1 saturated heterocycles. The Labute approximate surface area is 243 Å². The lowest BCUT2D eigenvalue weighted by Crippen LogP contribution is -2.43. The van der Waals surface area contributed by atoms with Crippen molar-refractivity contribution in [2.24, 2.45) is 0 Å². The number of rotatable bonds is 10. The number of aromatic nitrogens is 1. The number of amides is 1. The van der Waals surface area contributed by atoms with Gasteiger partial charge in [-0.1, -0.05) is 38.5 Å². The minimum Gasteiger partial charge on any atom is -0.302 e. The fourth-order valence-electron chi connectivity index (χ4n) is 5.11. The summed E-state index contributed by atoms with van der Waals surface area (Å²) in [6.07, 6.45) is 3.65. The topological polar surface area (TPSA) is 73.8 Å². The monoisotopic (exact) mass is 592 g/mol. The minimum absolute atomic E-state index is 0. The molecular weight excluding hydrogens is 552 g/mol. The number of nitrogens with zero attached hydrogens (tertiary/aromatic N) is 4. The molecule has 3 aromatic rings. The number of thiazole rings is 1. The van der Waals surface area contributed by atoms with Crippen LogP contribution in [0.15, 0.2) is 41.3 Å². The van der Waals surface area contributed by atoms with Crippen LogP contribution in [0.1, 0.15) is 67.9 Å². The molecule has 1 unspecified atom stereocenters. The Morgan fingerprint density at radius 2 is 1.69 bits per heavy atom. The van der Waals surface area contributed by atoms with Crippen molar-refractivity contribution < 1.29 is 13.2 Å². The number of carbonyl (C=O) groups excluding carboxylic acids is 1. The third kappa shape index (κ3) is 6.82. The van der Waals surface area contributed by atoms with E-state index in [0.29, 0.717) is 23.8 Å². The SMILES string of the molecule is CCC1CCCCN1S(=O)(=O)c1ccc(C(=O)N(CCN(CC)CC)c2nc3cc(C)c(C)cc3s2)cc1.Cl. The van der Waals surface area contributed by atoms with Gasteiger partial charge >= 0.3 is 0 Å². The molecule has 0 N–H and O–H groups in total. The molecule has 214 valence electrons. The second-order valence-corrected chi connectivity index (χ2v) is 13.0. The summed E-state index contributed by atoms with van der Waals surface area (Å²) in [4.78, 5) is 22.9. The molecule has 4 rings (SSSR count). The highest BCUT2D eigenvalue weighted by Gasteiger charge is 2.32. The zero-order valence-corrected chi connectivity index (χ0v) is 26.1. The lowest BCUT2D eigenvalue weighted by atomic mass is 10.0. The van der Waals surface area contributed by atoms with Gasteiger partial charge in [-0.25, -0.2) is 13.4 Å². The van der Waals surface area contributed by atoms with Crippen LogP contribution in [-0.2, 0) is 10.0 Å². The van der Waals surface area contributed by atoms with Gasteiger partial charge in [0.15, 0.2) is 5.13 Å². The molecule has 2 aromatic carbocycles. The summed E-state index contributed by atoms with van der Waals surface area (Å²) in [7, 11) is -3.60. The first-order valence-electron chi connectivity index (χ1n) is 13.7. The number of hydrogen-bond donors (Lipinski definition) is 0. The first-order valence-corrected chi connectivity index (χ1v) is 16.0. The maximum atomic E-state index is 13.8. The summed E-state index contributed by atoms with van der Waals surface area (Å²) < 4.78 is 29.5. The number of sulfonamides is 1. The Kier molecular flexibility index (Phi) is 10.9. The molecule has 1 aliphatic rings. The van der Waals surface area contributed by atoms with E-state index in [9.17, 15) is 13.2 Å². The van der Waals surface area contributed by atoms with E-state index in [4.69, 9.17) is 4.98 Å². The summed E-state index contributed by atoms with van der Waals surface area (Å²) in [6, 6.07) is 10.7. The number of anilines is 1. The Morgan fingerprint density at radius 3 is 2.33 bits per heavy atom. The van der Waals surface area contributed by atoms with Crippen LogP contribution >= 0.6 is 23.7 Å². The van der Waals surface area contributed by atoms with Gasteiger partial charge in [0, 0.05) is 31.2 Å². The number of piperidine rings is 1. The van der Waals surface area contributed by atoms with Crippen molar-refractivity contribution >= 4 is 55.0 Å². The molecule has 10 heteroatoms. The van der Waals surface area contributed by atoms with Gasteiger partial charge in [-0.05, 0) is 93.7 Å². The van der Waals surface area contributed by atoms with Crippen molar-refractivity contribution in [3.8, 4) is 0 Å². The highest BCUT2D eigenvalue weighted by Crippen LogP contribution is 2.32. The maximum absolute atomic E-state index is 13.8. The molecule has 0 aliphatic carbocycles. The van der Waals surface area contributed by atoms with E-state index in [-0.39, 0.29) is 29.3 Å². The normalized spacial score (nSPS) is 16.4. The molecule has 1 aromatic heterocycles. The predicted octanol–water partition coefficient (Wildman–Crippen LogP) is 6.28. The summed E-state index contributed by atoms with van der Waals surface area (Å²) in [5.74, 6) is -0.169. The maximum Gasteiger partial charge on any atom is 0.260 e. The smallest absolute Gasteiger partial charge is 0.260 e. The van der Waals surface area contributed by atoms with E-state index in [0.717, 1.165) is 55.5 Å². The Hall–Kier alpha value is -2.04. The largest absolute Gasteiger partial charge is 0.302 e. The molecule has 2 heterocycles. The summed E-state index contributed by atoms with van der Waals surface area (Å²) in [5.41, 5.74) is 3.72. The van der Waals surface area contributed by atoms with Crippen LogP contribution in [0.3, 0.4) is 0 Å². The van der Waals surface area contributed by atoms with Crippen molar-refractivity contribution in [1.82, 2.24) is 14.2 Å². The minimum atomic E-state index is -3.60. The number of likely N-dealkylation sites (N-methyl/N-ethyl adjacent to an activating group) is 1. The van der Waals surface area contributed by atoms with Gasteiger partial charge < -0.3 is 4.90 Å². The molecule has 0 spiro atoms. The van der Waals surface area contributed by atoms with Crippen molar-refractivity contribution in [1.29, 1.82) is 0 Å². The highest BCUT2D eigenvalue weighted by atomic mass is 35.5. The van der Waals surface area contributed by atoms with Gasteiger partial charge in [-0.3, -0.25) is 9.69 Å². The van der Waals surface area contributed by atoms with E-state index in [1.54, 1.807) is 33.5 Å². The van der Waals surface area contributed by atoms with Gasteiger partial charge in [-0.15, -0.1) is 12.4 Å². The van der Waals surface area contributed by atoms with Crippen LogP contribution in [0.5, 0.6) is 0 Å². The first kappa shape index (κ1) is 31.5. The first-order chi connectivity index (χ1) is 18.2. The van der Waals surface area contributed by atoms with Gasteiger partial charge in [-0.2, -0.15) is 4.31 Å². The zero-order valence-electron chi connectivity index (χ0n) is 23.6. The third-order valence-corrected chi connectivity index (χ3v) is 10.8.